The Bertz CT molecular complexity index is 519. The summed E-state index contributed by atoms with van der Waals surface area (Å²) in [5, 5.41) is 3.43. The highest BCUT2D eigenvalue weighted by atomic mass is 16.2. The number of hydrogen-bond donors (Lipinski definition) is 1. The zero-order valence-electron chi connectivity index (χ0n) is 13.4. The molecule has 0 heterocycles. The van der Waals surface area contributed by atoms with Crippen LogP contribution in [0.5, 0.6) is 0 Å². The molecule has 1 N–H and O–H groups in total. The van der Waals surface area contributed by atoms with Gasteiger partial charge in [0.05, 0.1) is 0 Å². The smallest absolute Gasteiger partial charge is 0.317 e. The van der Waals surface area contributed by atoms with E-state index < -0.39 is 0 Å². The minimum absolute atomic E-state index is 0.103. The lowest BCUT2D eigenvalue weighted by Gasteiger charge is -2.57. The van der Waals surface area contributed by atoms with Crippen LogP contribution in [-0.4, -0.2) is 23.5 Å². The highest BCUT2D eigenvalue weighted by Crippen LogP contribution is 2.55. The summed E-state index contributed by atoms with van der Waals surface area (Å²) in [4.78, 5) is 14.5. The molecule has 4 aliphatic rings. The molecule has 118 valence electrons. The summed E-state index contributed by atoms with van der Waals surface area (Å²) in [6.07, 6.45) is 7.87. The Morgan fingerprint density at radius 2 is 1.64 bits per heavy atom. The van der Waals surface area contributed by atoms with Gasteiger partial charge in [0.15, 0.2) is 0 Å². The van der Waals surface area contributed by atoms with E-state index in [-0.39, 0.29) is 11.6 Å². The lowest BCUT2D eigenvalue weighted by molar-refractivity contribution is -0.0154. The van der Waals surface area contributed by atoms with Crippen LogP contribution in [0.2, 0.25) is 0 Å². The van der Waals surface area contributed by atoms with E-state index in [1.54, 1.807) is 0 Å². The second-order valence-corrected chi connectivity index (χ2v) is 7.97. The molecule has 1 aromatic rings. The first-order valence-electron chi connectivity index (χ1n) is 8.69. The van der Waals surface area contributed by atoms with Crippen molar-refractivity contribution in [3.8, 4) is 0 Å². The molecule has 2 amide bonds. The van der Waals surface area contributed by atoms with Crippen LogP contribution in [0.15, 0.2) is 30.3 Å². The summed E-state index contributed by atoms with van der Waals surface area (Å²) in [7, 11) is 1.91. The van der Waals surface area contributed by atoms with Crippen LogP contribution in [0.3, 0.4) is 0 Å². The number of nitrogens with one attached hydrogen (secondary N) is 1. The maximum Gasteiger partial charge on any atom is 0.317 e. The molecule has 0 aliphatic heterocycles. The van der Waals surface area contributed by atoms with Crippen LogP contribution >= 0.6 is 0 Å². The molecule has 0 aromatic heterocycles. The quantitative estimate of drug-likeness (QED) is 0.904. The second-order valence-electron chi connectivity index (χ2n) is 7.97. The van der Waals surface area contributed by atoms with Crippen LogP contribution in [0, 0.1) is 17.8 Å². The van der Waals surface area contributed by atoms with E-state index in [0.29, 0.717) is 6.54 Å². The number of urea groups is 1. The zero-order valence-corrected chi connectivity index (χ0v) is 13.4. The van der Waals surface area contributed by atoms with E-state index in [4.69, 9.17) is 0 Å². The first-order chi connectivity index (χ1) is 10.6. The number of benzene rings is 1. The summed E-state index contributed by atoms with van der Waals surface area (Å²) in [6, 6.07) is 10.3. The van der Waals surface area contributed by atoms with Crippen molar-refractivity contribution in [2.45, 2.75) is 50.6 Å². The van der Waals surface area contributed by atoms with E-state index in [9.17, 15) is 4.79 Å². The zero-order chi connectivity index (χ0) is 15.2. The highest BCUT2D eigenvalue weighted by Gasteiger charge is 2.51. The van der Waals surface area contributed by atoms with E-state index in [0.717, 1.165) is 17.8 Å². The average Bonchev–Trinajstić information content (AvgIpc) is 2.46. The van der Waals surface area contributed by atoms with Crippen molar-refractivity contribution >= 4 is 6.03 Å². The van der Waals surface area contributed by atoms with Gasteiger partial charge in [0.1, 0.15) is 0 Å². The van der Waals surface area contributed by atoms with Crippen LogP contribution < -0.4 is 5.32 Å². The van der Waals surface area contributed by atoms with Crippen molar-refractivity contribution in [3.05, 3.63) is 35.9 Å². The van der Waals surface area contributed by atoms with Crippen molar-refractivity contribution in [1.29, 1.82) is 0 Å². The predicted molar refractivity (Wildman–Crippen MR) is 87.3 cm³/mol. The first-order valence-corrected chi connectivity index (χ1v) is 8.69. The number of amides is 2. The molecule has 0 radical (unpaired) electrons. The van der Waals surface area contributed by atoms with Gasteiger partial charge < -0.3 is 10.2 Å². The largest absolute Gasteiger partial charge is 0.333 e. The number of rotatable bonds is 3. The van der Waals surface area contributed by atoms with Crippen LogP contribution in [0.4, 0.5) is 4.79 Å². The van der Waals surface area contributed by atoms with Crippen molar-refractivity contribution in [1.82, 2.24) is 10.2 Å². The molecule has 0 atom stereocenters. The molecule has 3 heteroatoms. The minimum Gasteiger partial charge on any atom is -0.333 e. The molecular weight excluding hydrogens is 272 g/mol. The fourth-order valence-electron chi connectivity index (χ4n) is 5.52. The SMILES string of the molecule is CN(Cc1ccccc1)C(=O)NC12CC3CC(CC(C3)C1)C2. The summed E-state index contributed by atoms with van der Waals surface area (Å²) >= 11 is 0. The number of carbonyl (C=O) groups is 1. The Morgan fingerprint density at radius 3 is 2.18 bits per heavy atom. The van der Waals surface area contributed by atoms with Gasteiger partial charge >= 0.3 is 6.03 Å². The maximum atomic E-state index is 12.6. The molecular formula is C19H26N2O. The Morgan fingerprint density at radius 1 is 1.09 bits per heavy atom. The topological polar surface area (TPSA) is 32.3 Å². The second kappa shape index (κ2) is 5.29. The monoisotopic (exact) mass is 298 g/mol. The summed E-state index contributed by atoms with van der Waals surface area (Å²) in [6.45, 7) is 0.680. The van der Waals surface area contributed by atoms with Gasteiger partial charge in [-0.2, -0.15) is 0 Å². The fraction of sp³-hybridized carbons (Fsp3) is 0.632. The van der Waals surface area contributed by atoms with E-state index in [2.05, 4.69) is 17.4 Å². The molecule has 4 fully saturated rings. The normalized spacial score (nSPS) is 35.4. The van der Waals surface area contributed by atoms with Crippen LogP contribution in [0.1, 0.15) is 44.1 Å². The number of carbonyl (C=O) groups excluding carboxylic acids is 1. The van der Waals surface area contributed by atoms with Gasteiger partial charge in [-0.25, -0.2) is 4.79 Å². The third kappa shape index (κ3) is 2.62. The molecule has 4 bridgehead atoms. The molecule has 4 aliphatic carbocycles. The first kappa shape index (κ1) is 14.1. The van der Waals surface area contributed by atoms with E-state index in [1.807, 2.05) is 30.1 Å². The van der Waals surface area contributed by atoms with Gasteiger partial charge in [-0.05, 0) is 61.8 Å². The van der Waals surface area contributed by atoms with Crippen molar-refractivity contribution in [3.63, 3.8) is 0 Å². The third-order valence-corrected chi connectivity index (χ3v) is 6.02. The van der Waals surface area contributed by atoms with Crippen LogP contribution in [0.25, 0.3) is 0 Å². The van der Waals surface area contributed by atoms with E-state index in [1.165, 1.54) is 44.1 Å². The molecule has 0 saturated heterocycles. The molecule has 1 aromatic carbocycles. The summed E-state index contributed by atoms with van der Waals surface area (Å²) < 4.78 is 0. The van der Waals surface area contributed by atoms with Gasteiger partial charge in [-0.1, -0.05) is 30.3 Å². The van der Waals surface area contributed by atoms with Gasteiger partial charge in [0.25, 0.3) is 0 Å². The lowest BCUT2D eigenvalue weighted by Crippen LogP contribution is -2.61. The highest BCUT2D eigenvalue weighted by molar-refractivity contribution is 5.75. The Kier molecular flexibility index (Phi) is 3.39. The molecule has 22 heavy (non-hydrogen) atoms. The number of nitrogens with zero attached hydrogens (tertiary/aromatic N) is 1. The van der Waals surface area contributed by atoms with Gasteiger partial charge in [0, 0.05) is 19.1 Å². The van der Waals surface area contributed by atoms with Gasteiger partial charge in [-0.15, -0.1) is 0 Å². The Hall–Kier alpha value is -1.51. The van der Waals surface area contributed by atoms with Crippen molar-refractivity contribution in [2.75, 3.05) is 7.05 Å². The van der Waals surface area contributed by atoms with Crippen molar-refractivity contribution < 1.29 is 4.79 Å². The Labute approximate surface area is 133 Å². The minimum atomic E-state index is 0.103. The Balaban J connectivity index is 1.41. The summed E-state index contributed by atoms with van der Waals surface area (Å²) in [5.41, 5.74) is 1.29. The standard InChI is InChI=1S/C19H26N2O/c1-21(13-14-5-3-2-4-6-14)18(22)20-19-10-15-7-16(11-19)9-17(8-15)12-19/h2-6,15-17H,7-13H2,1H3,(H,20,22). The molecule has 4 saturated carbocycles. The molecule has 3 nitrogen and oxygen atoms in total. The lowest BCUT2D eigenvalue weighted by atomic mass is 9.53. The summed E-state index contributed by atoms with van der Waals surface area (Å²) in [5.74, 6) is 2.60. The molecule has 0 unspecified atom stereocenters. The van der Waals surface area contributed by atoms with Gasteiger partial charge in [-0.3, -0.25) is 0 Å². The molecule has 5 rings (SSSR count). The average molecular weight is 298 g/mol. The van der Waals surface area contributed by atoms with Crippen LogP contribution in [-0.2, 0) is 6.54 Å². The fourth-order valence-corrected chi connectivity index (χ4v) is 5.52. The van der Waals surface area contributed by atoms with Gasteiger partial charge in [0.2, 0.25) is 0 Å². The van der Waals surface area contributed by atoms with Crippen molar-refractivity contribution in [2.24, 2.45) is 17.8 Å². The number of hydrogen-bond acceptors (Lipinski definition) is 1. The van der Waals surface area contributed by atoms with E-state index >= 15 is 0 Å². The maximum absolute atomic E-state index is 12.6. The molecule has 0 spiro atoms. The third-order valence-electron chi connectivity index (χ3n) is 6.02. The predicted octanol–water partition coefficient (Wildman–Crippen LogP) is 3.80.